The molecule has 1 amide bonds. The number of hydrogen-bond donors (Lipinski definition) is 14. The molecule has 0 radical (unpaired) electrons. The molecule has 15 N–H and O–H groups in total. The lowest BCUT2D eigenvalue weighted by atomic mass is 9.93. The molecule has 0 bridgehead atoms. The molecule has 0 aliphatic carbocycles. The van der Waals surface area contributed by atoms with E-state index < -0.39 is 155 Å². The van der Waals surface area contributed by atoms with Crippen molar-refractivity contribution < 1.29 is 99.2 Å². The van der Waals surface area contributed by atoms with Gasteiger partial charge in [-0.25, -0.2) is 0 Å². The quantitative estimate of drug-likeness (QED) is 0.0948. The summed E-state index contributed by atoms with van der Waals surface area (Å²) in [4.78, 5) is 11.8. The molecule has 20 atom stereocenters. The SMILES string of the molecule is CC(=O)N[C@@H]1[C@@H](N)[C@H](O[C@@H]2O[C@H](CO)[C@H](O)[C@H](O)[C@H]2O)[C@@H](CO[C@@H]2O[C@H](CO)[C@@H](O[C@@H]3O[C@H](CO)[C@H](O)[C@H](O)[C@H]3O)[C@H](O)[C@H]2O)O[C@H]1O. The molecule has 4 aliphatic heterocycles. The van der Waals surface area contributed by atoms with Crippen LogP contribution in [0.2, 0.25) is 0 Å². The number of hydrogen-bond acceptors (Lipinski definition) is 21. The lowest BCUT2D eigenvalue weighted by molar-refractivity contribution is -0.365. The molecule has 4 heterocycles. The zero-order chi connectivity index (χ0) is 35.6. The molecule has 0 unspecified atom stereocenters. The molecule has 22 nitrogen and oxygen atoms in total. The summed E-state index contributed by atoms with van der Waals surface area (Å²) < 4.78 is 38.7. The molecular weight excluding hydrogens is 660 g/mol. The van der Waals surface area contributed by atoms with Gasteiger partial charge in [0.25, 0.3) is 0 Å². The summed E-state index contributed by atoms with van der Waals surface area (Å²) in [6.07, 6.45) is -30.2. The van der Waals surface area contributed by atoms with Crippen LogP contribution >= 0.6 is 0 Å². The third-order valence-corrected chi connectivity index (χ3v) is 8.68. The molecule has 0 aromatic carbocycles. The van der Waals surface area contributed by atoms with Gasteiger partial charge in [-0.1, -0.05) is 0 Å². The first-order valence-corrected chi connectivity index (χ1v) is 15.2. The molecule has 48 heavy (non-hydrogen) atoms. The van der Waals surface area contributed by atoms with Gasteiger partial charge in [-0.3, -0.25) is 4.79 Å². The Morgan fingerprint density at radius 1 is 0.604 bits per heavy atom. The van der Waals surface area contributed by atoms with Gasteiger partial charge in [0, 0.05) is 6.92 Å². The van der Waals surface area contributed by atoms with Gasteiger partial charge < -0.3 is 105 Å². The fraction of sp³-hybridized carbons (Fsp3) is 0.962. The normalized spacial score (nSPS) is 50.2. The Morgan fingerprint density at radius 3 is 1.54 bits per heavy atom. The lowest BCUT2D eigenvalue weighted by Gasteiger charge is -2.48. The molecule has 4 saturated heterocycles. The molecule has 0 aromatic heterocycles. The van der Waals surface area contributed by atoms with Gasteiger partial charge in [-0.2, -0.15) is 0 Å². The van der Waals surface area contributed by atoms with Gasteiger partial charge in [0.1, 0.15) is 85.5 Å². The Morgan fingerprint density at radius 2 is 1.06 bits per heavy atom. The fourth-order valence-corrected chi connectivity index (χ4v) is 5.92. The van der Waals surface area contributed by atoms with E-state index in [2.05, 4.69) is 5.32 Å². The predicted octanol–water partition coefficient (Wildman–Crippen LogP) is -9.64. The molecule has 4 aliphatic rings. The van der Waals surface area contributed by atoms with Crippen LogP contribution in [-0.2, 0) is 38.0 Å². The van der Waals surface area contributed by atoms with Gasteiger partial charge in [-0.05, 0) is 0 Å². The van der Waals surface area contributed by atoms with Crippen LogP contribution in [0.15, 0.2) is 0 Å². The van der Waals surface area contributed by atoms with Crippen molar-refractivity contribution in [1.82, 2.24) is 5.32 Å². The first kappa shape index (κ1) is 39.5. The highest BCUT2D eigenvalue weighted by atomic mass is 16.8. The van der Waals surface area contributed by atoms with Crippen molar-refractivity contribution in [3.05, 3.63) is 0 Å². The van der Waals surface area contributed by atoms with Gasteiger partial charge in [0.15, 0.2) is 25.2 Å². The van der Waals surface area contributed by atoms with E-state index in [9.17, 15) is 66.1 Å². The maximum absolute atomic E-state index is 11.8. The average molecular weight is 707 g/mol. The van der Waals surface area contributed by atoms with Crippen molar-refractivity contribution in [2.45, 2.75) is 130 Å². The predicted molar refractivity (Wildman–Crippen MR) is 147 cm³/mol. The molecule has 22 heteroatoms. The zero-order valence-electron chi connectivity index (χ0n) is 25.6. The summed E-state index contributed by atoms with van der Waals surface area (Å²) in [5, 5.41) is 125. The number of nitrogens with two attached hydrogens (primary N) is 1. The zero-order valence-corrected chi connectivity index (χ0v) is 25.6. The highest BCUT2D eigenvalue weighted by molar-refractivity contribution is 5.73. The second kappa shape index (κ2) is 16.8. The fourth-order valence-electron chi connectivity index (χ4n) is 5.92. The Hall–Kier alpha value is -1.33. The Labute approximate surface area is 272 Å². The van der Waals surface area contributed by atoms with E-state index in [-0.39, 0.29) is 0 Å². The average Bonchev–Trinajstić information content (AvgIpc) is 3.06. The molecule has 4 rings (SSSR count). The van der Waals surface area contributed by atoms with E-state index >= 15 is 0 Å². The number of amides is 1. The van der Waals surface area contributed by atoms with Crippen molar-refractivity contribution >= 4 is 5.91 Å². The number of carbonyl (C=O) groups excluding carboxylic acids is 1. The van der Waals surface area contributed by atoms with Crippen molar-refractivity contribution in [1.29, 1.82) is 0 Å². The molecular formula is C26H46N2O20. The van der Waals surface area contributed by atoms with E-state index in [1.165, 1.54) is 0 Å². The number of carbonyl (C=O) groups is 1. The van der Waals surface area contributed by atoms with E-state index in [0.717, 1.165) is 6.92 Å². The van der Waals surface area contributed by atoms with E-state index in [0.29, 0.717) is 0 Å². The Balaban J connectivity index is 1.47. The minimum absolute atomic E-state index is 0.609. The molecule has 4 fully saturated rings. The highest BCUT2D eigenvalue weighted by Crippen LogP contribution is 2.32. The smallest absolute Gasteiger partial charge is 0.217 e. The molecule has 280 valence electrons. The van der Waals surface area contributed by atoms with Crippen molar-refractivity contribution in [2.24, 2.45) is 5.73 Å². The standard InChI is InChI=1S/C26H46N2O20/c1-6(32)28-12-11(27)21(47-25-18(38)15(35)13(33)7(2-29)44-25)10(43-23(12)41)5-42-24-20(40)17(37)22(9(4-31)46-24)48-26-19(39)16(36)14(34)8(3-30)45-26/h7-26,29-31,33-41H,2-5,27H2,1H3,(H,28,32)/t7-,8-,9-,10-,11-,12-,13+,14+,15+,16+,17-,18-,19-,20-,21-,22-,23-,24-,25+,26+/m1/s1. The molecule has 0 spiro atoms. The number of aliphatic hydroxyl groups excluding tert-OH is 12. The van der Waals surface area contributed by atoms with Crippen LogP contribution in [0.4, 0.5) is 0 Å². The van der Waals surface area contributed by atoms with Crippen molar-refractivity contribution in [3.8, 4) is 0 Å². The lowest BCUT2D eigenvalue weighted by Crippen LogP contribution is -2.70. The van der Waals surface area contributed by atoms with Gasteiger partial charge in [-0.15, -0.1) is 0 Å². The monoisotopic (exact) mass is 706 g/mol. The van der Waals surface area contributed by atoms with Crippen LogP contribution in [-0.4, -0.2) is 216 Å². The first-order chi connectivity index (χ1) is 22.6. The third-order valence-electron chi connectivity index (χ3n) is 8.68. The first-order valence-electron chi connectivity index (χ1n) is 15.2. The van der Waals surface area contributed by atoms with Gasteiger partial charge in [0.05, 0.1) is 38.5 Å². The second-order valence-corrected chi connectivity index (χ2v) is 12.0. The van der Waals surface area contributed by atoms with Gasteiger partial charge >= 0.3 is 0 Å². The van der Waals surface area contributed by atoms with Crippen LogP contribution in [0.1, 0.15) is 6.92 Å². The van der Waals surface area contributed by atoms with Gasteiger partial charge in [0.2, 0.25) is 5.91 Å². The second-order valence-electron chi connectivity index (χ2n) is 12.0. The van der Waals surface area contributed by atoms with Crippen LogP contribution in [0.25, 0.3) is 0 Å². The van der Waals surface area contributed by atoms with Crippen LogP contribution in [0.5, 0.6) is 0 Å². The largest absolute Gasteiger partial charge is 0.394 e. The Kier molecular flexibility index (Phi) is 13.8. The minimum Gasteiger partial charge on any atom is -0.394 e. The van der Waals surface area contributed by atoms with Crippen molar-refractivity contribution in [3.63, 3.8) is 0 Å². The summed E-state index contributed by atoms with van der Waals surface area (Å²) in [6.45, 7) is -1.91. The number of nitrogens with one attached hydrogen (secondary N) is 1. The van der Waals surface area contributed by atoms with Crippen LogP contribution < -0.4 is 11.1 Å². The number of ether oxygens (including phenoxy) is 7. The molecule has 0 aromatic rings. The molecule has 0 saturated carbocycles. The summed E-state index contributed by atoms with van der Waals surface area (Å²) >= 11 is 0. The minimum atomic E-state index is -1.93. The summed E-state index contributed by atoms with van der Waals surface area (Å²) in [7, 11) is 0. The number of rotatable bonds is 11. The van der Waals surface area contributed by atoms with Crippen molar-refractivity contribution in [2.75, 3.05) is 26.4 Å². The summed E-state index contributed by atoms with van der Waals surface area (Å²) in [6, 6.07) is -2.60. The topological polar surface area (TPSA) is 362 Å². The Bertz CT molecular complexity index is 1030. The third kappa shape index (κ3) is 8.24. The van der Waals surface area contributed by atoms with Crippen LogP contribution in [0.3, 0.4) is 0 Å². The van der Waals surface area contributed by atoms with E-state index in [1.807, 2.05) is 0 Å². The van der Waals surface area contributed by atoms with Crippen LogP contribution in [0, 0.1) is 0 Å². The maximum Gasteiger partial charge on any atom is 0.217 e. The highest BCUT2D eigenvalue weighted by Gasteiger charge is 2.53. The summed E-state index contributed by atoms with van der Waals surface area (Å²) in [5.41, 5.74) is 6.32. The maximum atomic E-state index is 11.8. The summed E-state index contributed by atoms with van der Waals surface area (Å²) in [5.74, 6) is -0.609. The number of aliphatic hydroxyl groups is 12. The van der Waals surface area contributed by atoms with E-state index in [1.54, 1.807) is 0 Å². The van der Waals surface area contributed by atoms with E-state index in [4.69, 9.17) is 38.9 Å².